The minimum Gasteiger partial charge on any atom is -0.493 e. The van der Waals surface area contributed by atoms with Crippen LogP contribution in [0.5, 0.6) is 5.75 Å². The van der Waals surface area contributed by atoms with Crippen LogP contribution < -0.4 is 4.74 Å². The molecule has 3 nitrogen and oxygen atoms in total. The van der Waals surface area contributed by atoms with Crippen molar-refractivity contribution in [2.75, 3.05) is 6.61 Å². The number of aliphatic carboxylic acids is 1. The van der Waals surface area contributed by atoms with Crippen molar-refractivity contribution in [1.29, 1.82) is 0 Å². The second kappa shape index (κ2) is 7.27. The molecule has 0 aliphatic carbocycles. The number of carboxylic acid groups (broad SMARTS) is 1. The molecule has 94 valence electrons. The van der Waals surface area contributed by atoms with Gasteiger partial charge in [-0.2, -0.15) is 0 Å². The fourth-order valence-electron chi connectivity index (χ4n) is 1.31. The van der Waals surface area contributed by atoms with Gasteiger partial charge in [0.1, 0.15) is 11.6 Å². The fraction of sp³-hybridized carbons (Fsp3) is 0.417. The number of rotatable bonds is 7. The predicted octanol–water partition coefficient (Wildman–Crippen LogP) is 3.61. The van der Waals surface area contributed by atoms with Crippen LogP contribution in [0.25, 0.3) is 0 Å². The normalized spacial score (nSPS) is 10.2. The van der Waals surface area contributed by atoms with E-state index in [1.54, 1.807) is 12.1 Å². The third kappa shape index (κ3) is 5.68. The average Bonchev–Trinajstić information content (AvgIpc) is 2.27. The summed E-state index contributed by atoms with van der Waals surface area (Å²) >= 11 is 3.06. The lowest BCUT2D eigenvalue weighted by molar-refractivity contribution is -0.137. The predicted molar refractivity (Wildman–Crippen MR) is 65.7 cm³/mol. The largest absolute Gasteiger partial charge is 0.493 e. The van der Waals surface area contributed by atoms with Gasteiger partial charge >= 0.3 is 5.97 Å². The Balaban J connectivity index is 2.18. The summed E-state index contributed by atoms with van der Waals surface area (Å²) in [6, 6.07) is 4.60. The van der Waals surface area contributed by atoms with E-state index in [-0.39, 0.29) is 12.2 Å². The maximum Gasteiger partial charge on any atom is 0.303 e. The van der Waals surface area contributed by atoms with E-state index in [1.165, 1.54) is 6.07 Å². The van der Waals surface area contributed by atoms with Crippen molar-refractivity contribution in [3.8, 4) is 5.75 Å². The van der Waals surface area contributed by atoms with Gasteiger partial charge in [0.25, 0.3) is 0 Å². The van der Waals surface area contributed by atoms with Crippen molar-refractivity contribution >= 4 is 21.9 Å². The van der Waals surface area contributed by atoms with E-state index < -0.39 is 5.97 Å². The maximum absolute atomic E-state index is 13.1. The molecule has 0 atom stereocenters. The quantitative estimate of drug-likeness (QED) is 0.783. The van der Waals surface area contributed by atoms with Crippen LogP contribution in [0.15, 0.2) is 22.7 Å². The first-order chi connectivity index (χ1) is 8.09. The number of benzene rings is 1. The van der Waals surface area contributed by atoms with E-state index in [9.17, 15) is 9.18 Å². The van der Waals surface area contributed by atoms with Crippen LogP contribution in [-0.4, -0.2) is 17.7 Å². The zero-order valence-electron chi connectivity index (χ0n) is 9.29. The molecule has 0 heterocycles. The van der Waals surface area contributed by atoms with Crippen LogP contribution in [0.1, 0.15) is 25.7 Å². The van der Waals surface area contributed by atoms with E-state index >= 15 is 0 Å². The number of hydrogen-bond donors (Lipinski definition) is 1. The van der Waals surface area contributed by atoms with Gasteiger partial charge in [0.15, 0.2) is 0 Å². The monoisotopic (exact) mass is 304 g/mol. The number of unbranched alkanes of at least 4 members (excludes halogenated alkanes) is 2. The van der Waals surface area contributed by atoms with E-state index in [0.717, 1.165) is 12.8 Å². The average molecular weight is 305 g/mol. The van der Waals surface area contributed by atoms with Gasteiger partial charge in [0.2, 0.25) is 0 Å². The fourth-order valence-corrected chi connectivity index (χ4v) is 1.56. The maximum atomic E-state index is 13.1. The Morgan fingerprint density at radius 1 is 1.35 bits per heavy atom. The highest BCUT2D eigenvalue weighted by Gasteiger charge is 2.01. The lowest BCUT2D eigenvalue weighted by atomic mass is 10.2. The summed E-state index contributed by atoms with van der Waals surface area (Å²) < 4.78 is 18.9. The first-order valence-corrected chi connectivity index (χ1v) is 6.18. The van der Waals surface area contributed by atoms with Gasteiger partial charge in [0, 0.05) is 12.5 Å². The summed E-state index contributed by atoms with van der Waals surface area (Å²) in [5.74, 6) is -0.641. The third-order valence-corrected chi connectivity index (χ3v) is 2.84. The van der Waals surface area contributed by atoms with Gasteiger partial charge in [-0.05, 0) is 47.3 Å². The topological polar surface area (TPSA) is 46.5 Å². The Labute approximate surface area is 108 Å². The first kappa shape index (κ1) is 14.0. The molecule has 0 bridgehead atoms. The molecule has 0 spiro atoms. The lowest BCUT2D eigenvalue weighted by Gasteiger charge is -2.06. The number of carboxylic acids is 1. The van der Waals surface area contributed by atoms with Gasteiger partial charge in [-0.3, -0.25) is 4.79 Å². The summed E-state index contributed by atoms with van der Waals surface area (Å²) in [6.07, 6.45) is 2.40. The van der Waals surface area contributed by atoms with E-state index in [2.05, 4.69) is 15.9 Å². The SMILES string of the molecule is O=C(O)CCCCCOc1ccc(Br)c(F)c1. The van der Waals surface area contributed by atoms with Gasteiger partial charge in [0.05, 0.1) is 11.1 Å². The van der Waals surface area contributed by atoms with Crippen molar-refractivity contribution in [3.05, 3.63) is 28.5 Å². The molecule has 0 aromatic heterocycles. The van der Waals surface area contributed by atoms with Gasteiger partial charge in [-0.25, -0.2) is 4.39 Å². The van der Waals surface area contributed by atoms with Crippen molar-refractivity contribution in [2.24, 2.45) is 0 Å². The Morgan fingerprint density at radius 3 is 2.76 bits per heavy atom. The van der Waals surface area contributed by atoms with Crippen LogP contribution in [0.2, 0.25) is 0 Å². The summed E-state index contributed by atoms with van der Waals surface area (Å²) in [5.41, 5.74) is 0. The highest BCUT2D eigenvalue weighted by Crippen LogP contribution is 2.21. The number of carbonyl (C=O) groups is 1. The molecule has 17 heavy (non-hydrogen) atoms. The number of hydrogen-bond acceptors (Lipinski definition) is 2. The molecule has 0 saturated heterocycles. The van der Waals surface area contributed by atoms with Crippen LogP contribution in [0.4, 0.5) is 4.39 Å². The summed E-state index contributed by atoms with van der Waals surface area (Å²) in [7, 11) is 0. The first-order valence-electron chi connectivity index (χ1n) is 5.39. The summed E-state index contributed by atoms with van der Waals surface area (Å²) in [5, 5.41) is 8.43. The van der Waals surface area contributed by atoms with Crippen LogP contribution in [-0.2, 0) is 4.79 Å². The van der Waals surface area contributed by atoms with Gasteiger partial charge < -0.3 is 9.84 Å². The van der Waals surface area contributed by atoms with Crippen molar-refractivity contribution in [2.45, 2.75) is 25.7 Å². The minimum absolute atomic E-state index is 0.187. The third-order valence-electron chi connectivity index (χ3n) is 2.19. The van der Waals surface area contributed by atoms with E-state index in [4.69, 9.17) is 9.84 Å². The lowest BCUT2D eigenvalue weighted by Crippen LogP contribution is -1.99. The molecule has 1 N–H and O–H groups in total. The summed E-state index contributed by atoms with van der Waals surface area (Å²) in [4.78, 5) is 10.2. The Bertz CT molecular complexity index is 382. The Hall–Kier alpha value is -1.10. The molecule has 0 radical (unpaired) electrons. The van der Waals surface area contributed by atoms with E-state index in [1.807, 2.05) is 0 Å². The zero-order chi connectivity index (χ0) is 12.7. The summed E-state index contributed by atoms with van der Waals surface area (Å²) in [6.45, 7) is 0.473. The molecule has 1 rings (SSSR count). The molecule has 1 aromatic carbocycles. The zero-order valence-corrected chi connectivity index (χ0v) is 10.9. The molecule has 0 unspecified atom stereocenters. The molecule has 0 amide bonds. The Kier molecular flexibility index (Phi) is 5.97. The molecule has 1 aromatic rings. The number of halogens is 2. The molecule has 0 saturated carbocycles. The number of ether oxygens (including phenoxy) is 1. The van der Waals surface area contributed by atoms with Gasteiger partial charge in [-0.15, -0.1) is 0 Å². The molecule has 0 aliphatic rings. The van der Waals surface area contributed by atoms with Crippen molar-refractivity contribution in [3.63, 3.8) is 0 Å². The van der Waals surface area contributed by atoms with Crippen LogP contribution in [0, 0.1) is 5.82 Å². The van der Waals surface area contributed by atoms with Crippen LogP contribution in [0.3, 0.4) is 0 Å². The molecule has 0 aliphatic heterocycles. The Morgan fingerprint density at radius 2 is 2.12 bits per heavy atom. The molecule has 5 heteroatoms. The van der Waals surface area contributed by atoms with Crippen LogP contribution >= 0.6 is 15.9 Å². The molecular weight excluding hydrogens is 291 g/mol. The van der Waals surface area contributed by atoms with Crippen molar-refractivity contribution < 1.29 is 19.0 Å². The molecular formula is C12H14BrFO3. The second-order valence-corrected chi connectivity index (χ2v) is 4.48. The molecule has 0 fully saturated rings. The van der Waals surface area contributed by atoms with Gasteiger partial charge in [-0.1, -0.05) is 0 Å². The highest BCUT2D eigenvalue weighted by atomic mass is 79.9. The smallest absolute Gasteiger partial charge is 0.303 e. The highest BCUT2D eigenvalue weighted by molar-refractivity contribution is 9.10. The standard InChI is InChI=1S/C12H14BrFO3/c13-10-6-5-9(8-11(10)14)17-7-3-1-2-4-12(15)16/h5-6,8H,1-4,7H2,(H,15,16). The minimum atomic E-state index is -0.777. The second-order valence-electron chi connectivity index (χ2n) is 3.63. The van der Waals surface area contributed by atoms with E-state index in [0.29, 0.717) is 23.2 Å². The van der Waals surface area contributed by atoms with Crippen molar-refractivity contribution in [1.82, 2.24) is 0 Å².